The highest BCUT2D eigenvalue weighted by atomic mass is 32.1. The number of ether oxygens (including phenoxy) is 1. The maximum Gasteiger partial charge on any atom is 0.296 e. The first-order chi connectivity index (χ1) is 15.0. The maximum atomic E-state index is 13.0. The number of aliphatic hydroxyl groups excluding tert-OH is 1. The fraction of sp³-hybridized carbons (Fsp3) is 0.208. The lowest BCUT2D eigenvalue weighted by atomic mass is 10.00. The SMILES string of the molecule is CC(C)Oc1ccc(/C(O)=C2/C(=O)C(=O)N(Cc3ccccn3)C2c2cccs2)cc1. The lowest BCUT2D eigenvalue weighted by molar-refractivity contribution is -0.140. The number of hydrogen-bond acceptors (Lipinski definition) is 6. The van der Waals surface area contributed by atoms with E-state index in [1.807, 2.05) is 37.4 Å². The largest absolute Gasteiger partial charge is 0.507 e. The van der Waals surface area contributed by atoms with Crippen molar-refractivity contribution in [3.05, 3.63) is 87.9 Å². The molecule has 1 aliphatic heterocycles. The van der Waals surface area contributed by atoms with Gasteiger partial charge in [0.15, 0.2) is 0 Å². The maximum absolute atomic E-state index is 13.0. The number of aromatic nitrogens is 1. The van der Waals surface area contributed by atoms with Gasteiger partial charge in [-0.25, -0.2) is 0 Å². The quantitative estimate of drug-likeness (QED) is 0.350. The fourth-order valence-electron chi connectivity index (χ4n) is 3.57. The van der Waals surface area contributed by atoms with E-state index in [0.29, 0.717) is 17.0 Å². The standard InChI is InChI=1S/C24H22N2O4S/c1-15(2)30-18-10-8-16(9-11-18)22(27)20-21(19-7-5-13-31-19)26(24(29)23(20)28)14-17-6-3-4-12-25-17/h3-13,15,21,27H,14H2,1-2H3/b22-20-. The smallest absolute Gasteiger partial charge is 0.296 e. The van der Waals surface area contributed by atoms with Gasteiger partial charge >= 0.3 is 0 Å². The molecular weight excluding hydrogens is 412 g/mol. The van der Waals surface area contributed by atoms with E-state index in [4.69, 9.17) is 4.74 Å². The molecule has 1 saturated heterocycles. The van der Waals surface area contributed by atoms with Gasteiger partial charge in [0.05, 0.1) is 23.9 Å². The molecule has 0 spiro atoms. The highest BCUT2D eigenvalue weighted by Crippen LogP contribution is 2.41. The first-order valence-corrected chi connectivity index (χ1v) is 10.8. The van der Waals surface area contributed by atoms with Crippen LogP contribution < -0.4 is 4.74 Å². The van der Waals surface area contributed by atoms with Gasteiger partial charge in [-0.05, 0) is 61.7 Å². The zero-order valence-electron chi connectivity index (χ0n) is 17.2. The predicted octanol–water partition coefficient (Wildman–Crippen LogP) is 4.55. The second-order valence-corrected chi connectivity index (χ2v) is 8.43. The summed E-state index contributed by atoms with van der Waals surface area (Å²) in [6, 6.07) is 15.3. The molecule has 31 heavy (non-hydrogen) atoms. The number of thiophene rings is 1. The molecule has 1 fully saturated rings. The fourth-order valence-corrected chi connectivity index (χ4v) is 4.42. The number of pyridine rings is 1. The van der Waals surface area contributed by atoms with Crippen molar-refractivity contribution in [1.82, 2.24) is 9.88 Å². The van der Waals surface area contributed by atoms with Gasteiger partial charge in [0, 0.05) is 16.6 Å². The third-order valence-electron chi connectivity index (χ3n) is 4.91. The molecule has 0 aliphatic carbocycles. The van der Waals surface area contributed by atoms with Crippen LogP contribution in [0.4, 0.5) is 0 Å². The first-order valence-electron chi connectivity index (χ1n) is 9.94. The van der Waals surface area contributed by atoms with Crippen LogP contribution in [0.5, 0.6) is 5.75 Å². The first kappa shape index (κ1) is 20.8. The molecule has 1 N–H and O–H groups in total. The second kappa shape index (κ2) is 8.73. The summed E-state index contributed by atoms with van der Waals surface area (Å²) >= 11 is 1.43. The topological polar surface area (TPSA) is 79.7 Å². The lowest BCUT2D eigenvalue weighted by Crippen LogP contribution is -2.29. The van der Waals surface area contributed by atoms with Crippen LogP contribution in [-0.2, 0) is 16.1 Å². The monoisotopic (exact) mass is 434 g/mol. The van der Waals surface area contributed by atoms with Gasteiger partial charge < -0.3 is 14.7 Å². The molecule has 1 aromatic carbocycles. The van der Waals surface area contributed by atoms with Crippen molar-refractivity contribution in [2.75, 3.05) is 0 Å². The van der Waals surface area contributed by atoms with E-state index in [2.05, 4.69) is 4.98 Å². The third kappa shape index (κ3) is 4.22. The van der Waals surface area contributed by atoms with E-state index < -0.39 is 17.7 Å². The van der Waals surface area contributed by atoms with Crippen molar-refractivity contribution < 1.29 is 19.4 Å². The molecule has 4 rings (SSSR count). The summed E-state index contributed by atoms with van der Waals surface area (Å²) in [4.78, 5) is 32.5. The third-order valence-corrected chi connectivity index (χ3v) is 5.84. The Hall–Kier alpha value is -3.45. The number of amides is 1. The molecule has 0 bridgehead atoms. The Bertz CT molecular complexity index is 1110. The van der Waals surface area contributed by atoms with Crippen molar-refractivity contribution >= 4 is 28.8 Å². The number of carbonyl (C=O) groups is 2. The average molecular weight is 435 g/mol. The van der Waals surface area contributed by atoms with E-state index in [-0.39, 0.29) is 24.0 Å². The summed E-state index contributed by atoms with van der Waals surface area (Å²) in [5, 5.41) is 12.9. The molecule has 1 aliphatic rings. The summed E-state index contributed by atoms with van der Waals surface area (Å²) in [5.74, 6) is -0.881. The Balaban J connectivity index is 1.76. The molecule has 1 unspecified atom stereocenters. The van der Waals surface area contributed by atoms with Gasteiger partial charge in [-0.15, -0.1) is 11.3 Å². The van der Waals surface area contributed by atoms with Crippen molar-refractivity contribution in [3.63, 3.8) is 0 Å². The van der Waals surface area contributed by atoms with E-state index in [0.717, 1.165) is 4.88 Å². The van der Waals surface area contributed by atoms with Crippen LogP contribution in [-0.4, -0.2) is 32.8 Å². The molecule has 3 aromatic rings. The average Bonchev–Trinajstić information content (AvgIpc) is 3.37. The molecule has 0 radical (unpaired) electrons. The van der Waals surface area contributed by atoms with Crippen LogP contribution in [0.3, 0.4) is 0 Å². The van der Waals surface area contributed by atoms with E-state index >= 15 is 0 Å². The van der Waals surface area contributed by atoms with Crippen LogP contribution in [0, 0.1) is 0 Å². The number of likely N-dealkylation sites (tertiary alicyclic amines) is 1. The number of hydrogen-bond donors (Lipinski definition) is 1. The molecule has 1 atom stereocenters. The summed E-state index contributed by atoms with van der Waals surface area (Å²) in [7, 11) is 0. The van der Waals surface area contributed by atoms with Crippen LogP contribution in [0.15, 0.2) is 71.7 Å². The minimum Gasteiger partial charge on any atom is -0.507 e. The Kier molecular flexibility index (Phi) is 5.86. The van der Waals surface area contributed by atoms with Crippen molar-refractivity contribution in [3.8, 4) is 5.75 Å². The zero-order chi connectivity index (χ0) is 22.0. The van der Waals surface area contributed by atoms with Gasteiger partial charge in [0.1, 0.15) is 17.6 Å². The molecule has 0 saturated carbocycles. The zero-order valence-corrected chi connectivity index (χ0v) is 18.0. The predicted molar refractivity (Wildman–Crippen MR) is 119 cm³/mol. The number of ketones is 1. The van der Waals surface area contributed by atoms with Crippen molar-refractivity contribution in [2.24, 2.45) is 0 Å². The highest BCUT2D eigenvalue weighted by Gasteiger charge is 2.46. The lowest BCUT2D eigenvalue weighted by Gasteiger charge is -2.23. The Morgan fingerprint density at radius 3 is 2.52 bits per heavy atom. The van der Waals surface area contributed by atoms with E-state index in [1.165, 1.54) is 16.2 Å². The summed E-state index contributed by atoms with van der Waals surface area (Å²) < 4.78 is 5.64. The highest BCUT2D eigenvalue weighted by molar-refractivity contribution is 7.10. The molecule has 2 aromatic heterocycles. The molecule has 7 heteroatoms. The number of benzene rings is 1. The minimum atomic E-state index is -0.700. The number of rotatable bonds is 6. The summed E-state index contributed by atoms with van der Waals surface area (Å²) in [6.45, 7) is 4.03. The number of nitrogens with zero attached hydrogens (tertiary/aromatic N) is 2. The minimum absolute atomic E-state index is 0.0233. The number of carbonyl (C=O) groups excluding carboxylic acids is 2. The van der Waals surface area contributed by atoms with Gasteiger partial charge in [-0.3, -0.25) is 14.6 Å². The van der Waals surface area contributed by atoms with Gasteiger partial charge in [-0.1, -0.05) is 12.1 Å². The van der Waals surface area contributed by atoms with Crippen molar-refractivity contribution in [1.29, 1.82) is 0 Å². The van der Waals surface area contributed by atoms with Crippen LogP contribution >= 0.6 is 11.3 Å². The Labute approximate surface area is 184 Å². The van der Waals surface area contributed by atoms with Crippen LogP contribution in [0.1, 0.15) is 36.0 Å². The molecule has 3 heterocycles. The molecule has 6 nitrogen and oxygen atoms in total. The molecule has 1 amide bonds. The van der Waals surface area contributed by atoms with E-state index in [1.54, 1.807) is 42.6 Å². The molecule has 158 valence electrons. The second-order valence-electron chi connectivity index (χ2n) is 7.45. The van der Waals surface area contributed by atoms with Gasteiger partial charge in [0.2, 0.25) is 0 Å². The van der Waals surface area contributed by atoms with Crippen molar-refractivity contribution in [2.45, 2.75) is 32.5 Å². The van der Waals surface area contributed by atoms with Crippen LogP contribution in [0.25, 0.3) is 5.76 Å². The Morgan fingerprint density at radius 2 is 1.90 bits per heavy atom. The summed E-state index contributed by atoms with van der Waals surface area (Å²) in [5.41, 5.74) is 1.20. The van der Waals surface area contributed by atoms with E-state index in [9.17, 15) is 14.7 Å². The normalized spacial score (nSPS) is 18.0. The van der Waals surface area contributed by atoms with Gasteiger partial charge in [-0.2, -0.15) is 0 Å². The van der Waals surface area contributed by atoms with Gasteiger partial charge in [0.25, 0.3) is 11.7 Å². The Morgan fingerprint density at radius 1 is 1.13 bits per heavy atom. The van der Waals surface area contributed by atoms with Crippen LogP contribution in [0.2, 0.25) is 0 Å². The number of aliphatic hydroxyl groups is 1. The number of Topliss-reactive ketones (excluding diaryl/α,β-unsaturated/α-hetero) is 1. The summed E-state index contributed by atoms with van der Waals surface area (Å²) in [6.07, 6.45) is 1.67. The molecular formula is C24H22N2O4S.